The van der Waals surface area contributed by atoms with Crippen LogP contribution in [0.25, 0.3) is 5.69 Å². The summed E-state index contributed by atoms with van der Waals surface area (Å²) >= 11 is 5.94. The maximum atomic E-state index is 12.2. The third-order valence-electron chi connectivity index (χ3n) is 2.77. The van der Waals surface area contributed by atoms with Crippen LogP contribution in [0, 0.1) is 11.3 Å². The Kier molecular flexibility index (Phi) is 4.11. The third kappa shape index (κ3) is 2.96. The van der Waals surface area contributed by atoms with Crippen molar-refractivity contribution in [3.63, 3.8) is 0 Å². The Labute approximate surface area is 126 Å². The molecule has 0 amide bonds. The van der Waals surface area contributed by atoms with Gasteiger partial charge >= 0.3 is 0 Å². The van der Waals surface area contributed by atoms with Crippen LogP contribution in [0.15, 0.2) is 41.3 Å². The first-order valence-corrected chi connectivity index (χ1v) is 8.11. The number of nitriles is 1. The summed E-state index contributed by atoms with van der Waals surface area (Å²) in [4.78, 5) is 12.2. The second-order valence-electron chi connectivity index (χ2n) is 4.31. The van der Waals surface area contributed by atoms with Gasteiger partial charge in [-0.25, -0.2) is 8.42 Å². The molecule has 0 N–H and O–H groups in total. The normalized spacial score (nSPS) is 12.6. The van der Waals surface area contributed by atoms with Gasteiger partial charge in [-0.15, -0.1) is 0 Å². The number of hydrogen-bond acceptors (Lipinski definition) is 5. The third-order valence-corrected chi connectivity index (χ3v) is 4.37. The molecule has 1 unspecified atom stereocenters. The fourth-order valence-corrected chi connectivity index (χ4v) is 2.91. The zero-order valence-electron chi connectivity index (χ0n) is 10.9. The molecule has 1 heterocycles. The van der Waals surface area contributed by atoms with Crippen molar-refractivity contribution in [1.82, 2.24) is 9.78 Å². The minimum atomic E-state index is -3.72. The molecule has 21 heavy (non-hydrogen) atoms. The maximum Gasteiger partial charge on any atom is 0.290 e. The molecule has 108 valence electrons. The van der Waals surface area contributed by atoms with Crippen LogP contribution in [0.3, 0.4) is 0 Å². The predicted molar refractivity (Wildman–Crippen MR) is 78.0 cm³/mol. The lowest BCUT2D eigenvalue weighted by Crippen LogP contribution is -2.24. The van der Waals surface area contributed by atoms with Gasteiger partial charge in [-0.1, -0.05) is 29.8 Å². The number of halogens is 1. The summed E-state index contributed by atoms with van der Waals surface area (Å²) in [7, 11) is -3.72. The molecular weight excluding hydrogens is 314 g/mol. The van der Waals surface area contributed by atoms with Crippen molar-refractivity contribution < 1.29 is 8.42 Å². The van der Waals surface area contributed by atoms with E-state index in [4.69, 9.17) is 16.9 Å². The Morgan fingerprint density at radius 1 is 1.33 bits per heavy atom. The lowest BCUT2D eigenvalue weighted by molar-refractivity contribution is 0.596. The molecular formula is C13H10ClN3O3S. The molecule has 0 aliphatic heterocycles. The van der Waals surface area contributed by atoms with Crippen LogP contribution in [-0.2, 0) is 9.84 Å². The van der Waals surface area contributed by atoms with E-state index in [0.29, 0.717) is 5.69 Å². The van der Waals surface area contributed by atoms with Gasteiger partial charge in [0.15, 0.2) is 15.1 Å². The van der Waals surface area contributed by atoms with Crippen LogP contribution < -0.4 is 5.56 Å². The molecule has 1 aromatic carbocycles. The quantitative estimate of drug-likeness (QED) is 0.853. The molecule has 2 rings (SSSR count). The van der Waals surface area contributed by atoms with E-state index in [1.54, 1.807) is 36.4 Å². The highest BCUT2D eigenvalue weighted by Gasteiger charge is 2.27. The van der Waals surface area contributed by atoms with Gasteiger partial charge in [0.2, 0.25) is 0 Å². The standard InChI is InChI=1S/C13H10ClN3O3S/c1-21(19,20)11(7-15)10-8-16-17(13(18)12(10)14)9-5-3-2-4-6-9/h2-6,8,11H,1H3. The number of hydrogen-bond donors (Lipinski definition) is 0. The Hall–Kier alpha value is -2.17. The molecule has 0 radical (unpaired) electrons. The van der Waals surface area contributed by atoms with Crippen molar-refractivity contribution in [2.45, 2.75) is 5.25 Å². The number of rotatable bonds is 3. The molecule has 0 aliphatic rings. The van der Waals surface area contributed by atoms with Gasteiger partial charge in [-0.2, -0.15) is 15.0 Å². The molecule has 0 saturated heterocycles. The minimum absolute atomic E-state index is 0.112. The Bertz CT molecular complexity index is 870. The molecule has 0 fully saturated rings. The van der Waals surface area contributed by atoms with Gasteiger partial charge in [-0.05, 0) is 12.1 Å². The average molecular weight is 324 g/mol. The number of sulfone groups is 1. The molecule has 0 bridgehead atoms. The fourth-order valence-electron chi connectivity index (χ4n) is 1.78. The molecule has 6 nitrogen and oxygen atoms in total. The van der Waals surface area contributed by atoms with E-state index >= 15 is 0 Å². The van der Waals surface area contributed by atoms with Crippen LogP contribution in [0.5, 0.6) is 0 Å². The van der Waals surface area contributed by atoms with E-state index in [2.05, 4.69) is 5.10 Å². The van der Waals surface area contributed by atoms with Crippen molar-refractivity contribution in [3.05, 3.63) is 57.5 Å². The Balaban J connectivity index is 2.64. The first kappa shape index (κ1) is 15.2. The zero-order chi connectivity index (χ0) is 15.6. The maximum absolute atomic E-state index is 12.2. The van der Waals surface area contributed by atoms with Gasteiger partial charge < -0.3 is 0 Å². The number of nitrogens with zero attached hydrogens (tertiary/aromatic N) is 3. The zero-order valence-corrected chi connectivity index (χ0v) is 12.5. The molecule has 1 aromatic heterocycles. The number of para-hydroxylation sites is 1. The lowest BCUT2D eigenvalue weighted by Gasteiger charge is -2.11. The van der Waals surface area contributed by atoms with Gasteiger partial charge in [0, 0.05) is 11.8 Å². The Morgan fingerprint density at radius 2 is 1.95 bits per heavy atom. The average Bonchev–Trinajstić information content (AvgIpc) is 2.44. The first-order chi connectivity index (χ1) is 9.86. The van der Waals surface area contributed by atoms with E-state index in [1.807, 2.05) is 0 Å². The monoisotopic (exact) mass is 323 g/mol. The number of benzene rings is 1. The molecule has 0 aliphatic carbocycles. The van der Waals surface area contributed by atoms with E-state index < -0.39 is 20.6 Å². The highest BCUT2D eigenvalue weighted by Crippen LogP contribution is 2.25. The van der Waals surface area contributed by atoms with Gasteiger partial charge in [-0.3, -0.25) is 4.79 Å². The highest BCUT2D eigenvalue weighted by atomic mass is 35.5. The van der Waals surface area contributed by atoms with Gasteiger partial charge in [0.1, 0.15) is 5.02 Å². The van der Waals surface area contributed by atoms with Crippen molar-refractivity contribution in [3.8, 4) is 11.8 Å². The largest absolute Gasteiger partial charge is 0.290 e. The summed E-state index contributed by atoms with van der Waals surface area (Å²) in [6, 6.07) is 10.2. The molecule has 0 spiro atoms. The van der Waals surface area contributed by atoms with Crippen LogP contribution in [0.2, 0.25) is 5.02 Å². The summed E-state index contributed by atoms with van der Waals surface area (Å²) < 4.78 is 24.2. The molecule has 2 aromatic rings. The van der Waals surface area contributed by atoms with E-state index in [0.717, 1.165) is 17.1 Å². The van der Waals surface area contributed by atoms with Crippen LogP contribution in [0.1, 0.15) is 10.8 Å². The van der Waals surface area contributed by atoms with Crippen molar-refractivity contribution in [2.75, 3.05) is 6.26 Å². The molecule has 8 heteroatoms. The van der Waals surface area contributed by atoms with Gasteiger partial charge in [0.25, 0.3) is 5.56 Å². The smallest absolute Gasteiger partial charge is 0.266 e. The molecule has 0 saturated carbocycles. The van der Waals surface area contributed by atoms with Crippen molar-refractivity contribution in [2.24, 2.45) is 0 Å². The summed E-state index contributed by atoms with van der Waals surface area (Å²) in [5.41, 5.74) is -0.299. The highest BCUT2D eigenvalue weighted by molar-refractivity contribution is 7.91. The van der Waals surface area contributed by atoms with Crippen LogP contribution >= 0.6 is 11.6 Å². The Morgan fingerprint density at radius 3 is 2.48 bits per heavy atom. The number of aromatic nitrogens is 2. The second-order valence-corrected chi connectivity index (χ2v) is 6.81. The predicted octanol–water partition coefficient (Wildman–Crippen LogP) is 1.50. The SMILES string of the molecule is CS(=O)(=O)C(C#N)c1cnn(-c2ccccc2)c(=O)c1Cl. The summed E-state index contributed by atoms with van der Waals surface area (Å²) in [5, 5.41) is 11.0. The van der Waals surface area contributed by atoms with Crippen LogP contribution in [-0.4, -0.2) is 24.5 Å². The summed E-state index contributed by atoms with van der Waals surface area (Å²) in [6.07, 6.45) is 2.03. The fraction of sp³-hybridized carbons (Fsp3) is 0.154. The van der Waals surface area contributed by atoms with Gasteiger partial charge in [0.05, 0.1) is 18.0 Å². The first-order valence-electron chi connectivity index (χ1n) is 5.78. The minimum Gasteiger partial charge on any atom is -0.266 e. The van der Waals surface area contributed by atoms with E-state index in [1.165, 1.54) is 0 Å². The van der Waals surface area contributed by atoms with Crippen molar-refractivity contribution >= 4 is 21.4 Å². The van der Waals surface area contributed by atoms with E-state index in [9.17, 15) is 13.2 Å². The second kappa shape index (κ2) is 5.68. The topological polar surface area (TPSA) is 92.8 Å². The molecule has 1 atom stereocenters. The summed E-state index contributed by atoms with van der Waals surface area (Å²) in [5.74, 6) is 0. The van der Waals surface area contributed by atoms with Crippen LogP contribution in [0.4, 0.5) is 0 Å². The lowest BCUT2D eigenvalue weighted by atomic mass is 10.2. The van der Waals surface area contributed by atoms with Crippen molar-refractivity contribution in [1.29, 1.82) is 5.26 Å². The van der Waals surface area contributed by atoms with E-state index in [-0.39, 0.29) is 10.6 Å². The summed E-state index contributed by atoms with van der Waals surface area (Å²) in [6.45, 7) is 0.